The van der Waals surface area contributed by atoms with Crippen LogP contribution in [0, 0.1) is 18.8 Å². The van der Waals surface area contributed by atoms with Crippen molar-refractivity contribution < 1.29 is 18.0 Å². The van der Waals surface area contributed by atoms with Crippen LogP contribution >= 0.6 is 0 Å². The second kappa shape index (κ2) is 5.95. The van der Waals surface area contributed by atoms with Crippen LogP contribution in [0.3, 0.4) is 0 Å². The summed E-state index contributed by atoms with van der Waals surface area (Å²) in [7, 11) is 0. The Morgan fingerprint density at radius 1 is 1.29 bits per heavy atom. The van der Waals surface area contributed by atoms with Gasteiger partial charge in [-0.05, 0) is 37.5 Å². The van der Waals surface area contributed by atoms with E-state index in [0.717, 1.165) is 5.56 Å². The first-order valence-corrected chi connectivity index (χ1v) is 7.02. The molecular formula is C15H19F3N2O. The van der Waals surface area contributed by atoms with E-state index < -0.39 is 23.9 Å². The van der Waals surface area contributed by atoms with Crippen molar-refractivity contribution in [2.45, 2.75) is 38.8 Å². The van der Waals surface area contributed by atoms with Gasteiger partial charge in [0.25, 0.3) is 0 Å². The fourth-order valence-electron chi connectivity index (χ4n) is 2.86. The summed E-state index contributed by atoms with van der Waals surface area (Å²) in [4.78, 5) is 12.2. The van der Waals surface area contributed by atoms with Crippen molar-refractivity contribution in [1.82, 2.24) is 0 Å². The number of nitrogen functional groups attached to an aromatic ring is 1. The summed E-state index contributed by atoms with van der Waals surface area (Å²) in [5.41, 5.74) is 7.45. The van der Waals surface area contributed by atoms with Gasteiger partial charge in [0.15, 0.2) is 0 Å². The van der Waals surface area contributed by atoms with Crippen molar-refractivity contribution in [2.75, 3.05) is 11.1 Å². The third-order valence-electron chi connectivity index (χ3n) is 3.99. The molecule has 1 aromatic carbocycles. The zero-order valence-corrected chi connectivity index (χ0v) is 11.8. The highest BCUT2D eigenvalue weighted by Crippen LogP contribution is 2.42. The van der Waals surface area contributed by atoms with E-state index in [9.17, 15) is 18.0 Å². The standard InChI is InChI=1S/C15H19F3N2O/c1-9-6-7-13(12(19)8-9)20-14(21)10-4-2-3-5-11(10)15(16,17)18/h6-8,10-11H,2-5,19H2,1H3,(H,20,21). The van der Waals surface area contributed by atoms with Crippen molar-refractivity contribution >= 4 is 17.3 Å². The van der Waals surface area contributed by atoms with Crippen LogP contribution in [0.5, 0.6) is 0 Å². The molecule has 3 N–H and O–H groups in total. The quantitative estimate of drug-likeness (QED) is 0.814. The maximum absolute atomic E-state index is 13.0. The summed E-state index contributed by atoms with van der Waals surface area (Å²) in [5, 5.41) is 2.55. The van der Waals surface area contributed by atoms with Crippen LogP contribution in [-0.2, 0) is 4.79 Å². The van der Waals surface area contributed by atoms with Gasteiger partial charge in [-0.25, -0.2) is 0 Å². The summed E-state index contributed by atoms with van der Waals surface area (Å²) >= 11 is 0. The van der Waals surface area contributed by atoms with E-state index in [0.29, 0.717) is 24.2 Å². The monoisotopic (exact) mass is 300 g/mol. The molecule has 1 aliphatic carbocycles. The highest BCUT2D eigenvalue weighted by atomic mass is 19.4. The Labute approximate surface area is 121 Å². The van der Waals surface area contributed by atoms with Crippen LogP contribution in [0.4, 0.5) is 24.5 Å². The number of nitrogens with two attached hydrogens (primary N) is 1. The second-order valence-electron chi connectivity index (χ2n) is 5.62. The average Bonchev–Trinajstić information content (AvgIpc) is 2.41. The molecule has 0 aromatic heterocycles. The molecule has 0 saturated heterocycles. The van der Waals surface area contributed by atoms with E-state index in [2.05, 4.69) is 5.32 Å². The lowest BCUT2D eigenvalue weighted by atomic mass is 9.78. The predicted octanol–water partition coefficient (Wildman–Crippen LogP) is 3.88. The third kappa shape index (κ3) is 3.68. The van der Waals surface area contributed by atoms with Gasteiger partial charge in [0.2, 0.25) is 5.91 Å². The highest BCUT2D eigenvalue weighted by molar-refractivity contribution is 5.95. The van der Waals surface area contributed by atoms with Gasteiger partial charge in [-0.3, -0.25) is 4.79 Å². The SMILES string of the molecule is Cc1ccc(NC(=O)C2CCCCC2C(F)(F)F)c(N)c1. The van der Waals surface area contributed by atoms with Gasteiger partial charge in [-0.1, -0.05) is 18.9 Å². The van der Waals surface area contributed by atoms with Gasteiger partial charge in [0, 0.05) is 5.92 Å². The fourth-order valence-corrected chi connectivity index (χ4v) is 2.86. The molecule has 2 atom stereocenters. The number of nitrogens with one attached hydrogen (secondary N) is 1. The molecule has 1 fully saturated rings. The van der Waals surface area contributed by atoms with Gasteiger partial charge in [0.1, 0.15) is 0 Å². The number of hydrogen-bond acceptors (Lipinski definition) is 2. The molecule has 0 radical (unpaired) electrons. The number of alkyl halides is 3. The predicted molar refractivity (Wildman–Crippen MR) is 75.7 cm³/mol. The first kappa shape index (κ1) is 15.7. The molecule has 2 unspecified atom stereocenters. The summed E-state index contributed by atoms with van der Waals surface area (Å²) in [6.07, 6.45) is -2.89. The first-order chi connectivity index (χ1) is 9.79. The van der Waals surface area contributed by atoms with Crippen LogP contribution in [0.1, 0.15) is 31.2 Å². The summed E-state index contributed by atoms with van der Waals surface area (Å²) in [5.74, 6) is -3.18. The van der Waals surface area contributed by atoms with Gasteiger partial charge in [-0.2, -0.15) is 13.2 Å². The maximum Gasteiger partial charge on any atom is 0.392 e. The third-order valence-corrected chi connectivity index (χ3v) is 3.99. The lowest BCUT2D eigenvalue weighted by Gasteiger charge is -2.32. The van der Waals surface area contributed by atoms with Crippen LogP contribution in [0.25, 0.3) is 0 Å². The minimum atomic E-state index is -4.33. The van der Waals surface area contributed by atoms with Crippen molar-refractivity contribution in [2.24, 2.45) is 11.8 Å². The molecule has 116 valence electrons. The van der Waals surface area contributed by atoms with Gasteiger partial charge < -0.3 is 11.1 Å². The number of aryl methyl sites for hydroxylation is 1. The lowest BCUT2D eigenvalue weighted by molar-refractivity contribution is -0.197. The van der Waals surface area contributed by atoms with Gasteiger partial charge >= 0.3 is 6.18 Å². The largest absolute Gasteiger partial charge is 0.397 e. The number of carbonyl (C=O) groups excluding carboxylic acids is 1. The zero-order chi connectivity index (χ0) is 15.6. The molecule has 1 amide bonds. The van der Waals surface area contributed by atoms with Crippen molar-refractivity contribution in [3.63, 3.8) is 0 Å². The van der Waals surface area contributed by atoms with Crippen LogP contribution in [0.2, 0.25) is 0 Å². The van der Waals surface area contributed by atoms with E-state index in [1.165, 1.54) is 0 Å². The fraction of sp³-hybridized carbons (Fsp3) is 0.533. The molecule has 0 aliphatic heterocycles. The van der Waals surface area contributed by atoms with E-state index in [1.54, 1.807) is 18.2 Å². The van der Waals surface area contributed by atoms with E-state index in [1.807, 2.05) is 6.92 Å². The first-order valence-electron chi connectivity index (χ1n) is 7.02. The summed E-state index contributed by atoms with van der Waals surface area (Å²) in [6, 6.07) is 5.06. The van der Waals surface area contributed by atoms with Crippen LogP contribution in [-0.4, -0.2) is 12.1 Å². The molecule has 21 heavy (non-hydrogen) atoms. The second-order valence-corrected chi connectivity index (χ2v) is 5.62. The van der Waals surface area contributed by atoms with E-state index in [4.69, 9.17) is 5.73 Å². The Bertz CT molecular complexity index is 528. The molecule has 0 bridgehead atoms. The maximum atomic E-state index is 13.0. The Morgan fingerprint density at radius 3 is 2.57 bits per heavy atom. The molecule has 2 rings (SSSR count). The minimum Gasteiger partial charge on any atom is -0.397 e. The molecule has 0 spiro atoms. The summed E-state index contributed by atoms with van der Waals surface area (Å²) < 4.78 is 39.1. The number of amides is 1. The topological polar surface area (TPSA) is 55.1 Å². The molecule has 1 saturated carbocycles. The van der Waals surface area contributed by atoms with Crippen molar-refractivity contribution in [3.05, 3.63) is 23.8 Å². The zero-order valence-electron chi connectivity index (χ0n) is 11.8. The number of benzene rings is 1. The molecule has 0 heterocycles. The molecule has 1 aliphatic rings. The lowest BCUT2D eigenvalue weighted by Crippen LogP contribution is -2.39. The number of anilines is 2. The Hall–Kier alpha value is -1.72. The van der Waals surface area contributed by atoms with Gasteiger partial charge in [0.05, 0.1) is 17.3 Å². The number of carbonyl (C=O) groups is 1. The molecule has 1 aromatic rings. The van der Waals surface area contributed by atoms with Crippen LogP contribution in [0.15, 0.2) is 18.2 Å². The Morgan fingerprint density at radius 2 is 1.95 bits per heavy atom. The van der Waals surface area contributed by atoms with Crippen molar-refractivity contribution in [1.29, 1.82) is 0 Å². The molecular weight excluding hydrogens is 281 g/mol. The smallest absolute Gasteiger partial charge is 0.392 e. The van der Waals surface area contributed by atoms with E-state index in [-0.39, 0.29) is 12.8 Å². The van der Waals surface area contributed by atoms with E-state index >= 15 is 0 Å². The molecule has 3 nitrogen and oxygen atoms in total. The summed E-state index contributed by atoms with van der Waals surface area (Å²) in [6.45, 7) is 1.85. The molecule has 6 heteroatoms. The Kier molecular flexibility index (Phi) is 4.44. The number of rotatable bonds is 2. The number of hydrogen-bond donors (Lipinski definition) is 2. The minimum absolute atomic E-state index is 0.0188. The van der Waals surface area contributed by atoms with Gasteiger partial charge in [-0.15, -0.1) is 0 Å². The number of halogens is 3. The average molecular weight is 300 g/mol. The van der Waals surface area contributed by atoms with Crippen LogP contribution < -0.4 is 11.1 Å². The van der Waals surface area contributed by atoms with Crippen molar-refractivity contribution in [3.8, 4) is 0 Å². The highest BCUT2D eigenvalue weighted by Gasteiger charge is 2.48. The normalized spacial score (nSPS) is 22.9. The Balaban J connectivity index is 2.14.